The van der Waals surface area contributed by atoms with Crippen molar-refractivity contribution >= 4 is 11.5 Å². The molecule has 78 valence electrons. The summed E-state index contributed by atoms with van der Waals surface area (Å²) in [5.74, 6) is -0.314. The van der Waals surface area contributed by atoms with Crippen LogP contribution in [0.25, 0.3) is 5.52 Å². The number of esters is 1. The van der Waals surface area contributed by atoms with Crippen molar-refractivity contribution in [3.63, 3.8) is 0 Å². The van der Waals surface area contributed by atoms with Crippen LogP contribution in [0.1, 0.15) is 22.8 Å². The smallest absolute Gasteiger partial charge is 0.340 e. The zero-order chi connectivity index (χ0) is 10.8. The van der Waals surface area contributed by atoms with Crippen molar-refractivity contribution in [1.82, 2.24) is 9.61 Å². The number of nitrogens with zero attached hydrogens (tertiary/aromatic N) is 2. The highest BCUT2D eigenvalue weighted by Crippen LogP contribution is 2.14. The van der Waals surface area contributed by atoms with Gasteiger partial charge in [0.05, 0.1) is 23.9 Å². The van der Waals surface area contributed by atoms with Gasteiger partial charge in [0.15, 0.2) is 0 Å². The van der Waals surface area contributed by atoms with Crippen LogP contribution in [0.15, 0.2) is 24.5 Å². The Bertz CT molecular complexity index is 502. The number of carbonyl (C=O) groups is 1. The van der Waals surface area contributed by atoms with Gasteiger partial charge in [-0.25, -0.2) is 9.31 Å². The third-order valence-corrected chi connectivity index (χ3v) is 2.32. The van der Waals surface area contributed by atoms with Gasteiger partial charge in [-0.1, -0.05) is 0 Å². The lowest BCUT2D eigenvalue weighted by Gasteiger charge is -2.06. The monoisotopic (exact) mass is 204 g/mol. The zero-order valence-electron chi connectivity index (χ0n) is 8.73. The van der Waals surface area contributed by atoms with E-state index in [1.165, 1.54) is 0 Å². The molecule has 0 saturated heterocycles. The first-order valence-corrected chi connectivity index (χ1v) is 4.84. The third kappa shape index (κ3) is 1.58. The van der Waals surface area contributed by atoms with Crippen molar-refractivity contribution < 1.29 is 9.53 Å². The van der Waals surface area contributed by atoms with E-state index in [0.29, 0.717) is 12.2 Å². The molecule has 2 heterocycles. The summed E-state index contributed by atoms with van der Waals surface area (Å²) in [6.07, 6.45) is 3.39. The molecular formula is C11H12N2O2. The summed E-state index contributed by atoms with van der Waals surface area (Å²) in [4.78, 5) is 11.6. The van der Waals surface area contributed by atoms with Crippen LogP contribution >= 0.6 is 0 Å². The van der Waals surface area contributed by atoms with Crippen molar-refractivity contribution in [2.45, 2.75) is 13.8 Å². The summed E-state index contributed by atoms with van der Waals surface area (Å²) >= 11 is 0. The second kappa shape index (κ2) is 3.73. The van der Waals surface area contributed by atoms with E-state index >= 15 is 0 Å². The van der Waals surface area contributed by atoms with E-state index < -0.39 is 0 Å². The fourth-order valence-electron chi connectivity index (χ4n) is 1.54. The molecule has 0 aliphatic heterocycles. The van der Waals surface area contributed by atoms with Crippen LogP contribution in [0, 0.1) is 6.92 Å². The molecule has 0 saturated carbocycles. The molecule has 0 amide bonds. The molecule has 4 nitrogen and oxygen atoms in total. The molecule has 15 heavy (non-hydrogen) atoms. The second-order valence-electron chi connectivity index (χ2n) is 3.24. The van der Waals surface area contributed by atoms with Gasteiger partial charge in [-0.3, -0.25) is 0 Å². The molecule has 2 aromatic heterocycles. The molecular weight excluding hydrogens is 192 g/mol. The molecule has 0 spiro atoms. The number of aryl methyl sites for hydroxylation is 1. The molecule has 0 fully saturated rings. The lowest BCUT2D eigenvalue weighted by Crippen LogP contribution is -2.09. The number of aromatic nitrogens is 2. The molecule has 0 aliphatic carbocycles. The maximum absolute atomic E-state index is 11.6. The lowest BCUT2D eigenvalue weighted by atomic mass is 10.1. The summed E-state index contributed by atoms with van der Waals surface area (Å²) in [6.45, 7) is 4.06. The Balaban J connectivity index is 2.52. The number of rotatable bonds is 2. The first-order chi connectivity index (χ1) is 7.24. The fourth-order valence-corrected chi connectivity index (χ4v) is 1.54. The van der Waals surface area contributed by atoms with Gasteiger partial charge in [-0.05, 0) is 31.5 Å². The molecule has 2 rings (SSSR count). The number of hydrogen-bond acceptors (Lipinski definition) is 3. The highest BCUT2D eigenvalue weighted by atomic mass is 16.5. The SMILES string of the molecule is CCOC(=O)c1cnn2cccc2c1C. The van der Waals surface area contributed by atoms with Gasteiger partial charge >= 0.3 is 5.97 Å². The molecule has 0 radical (unpaired) electrons. The second-order valence-corrected chi connectivity index (χ2v) is 3.24. The Morgan fingerprint density at radius 3 is 3.13 bits per heavy atom. The van der Waals surface area contributed by atoms with Crippen molar-refractivity contribution in [3.05, 3.63) is 35.7 Å². The van der Waals surface area contributed by atoms with Crippen LogP contribution in [-0.2, 0) is 4.74 Å². The Labute approximate surface area is 87.5 Å². The van der Waals surface area contributed by atoms with Crippen LogP contribution in [0.5, 0.6) is 0 Å². The molecule has 4 heteroatoms. The van der Waals surface area contributed by atoms with Crippen molar-refractivity contribution in [2.24, 2.45) is 0 Å². The highest BCUT2D eigenvalue weighted by molar-refractivity contribution is 5.92. The predicted octanol–water partition coefficient (Wildman–Crippen LogP) is 1.82. The van der Waals surface area contributed by atoms with E-state index in [1.54, 1.807) is 17.6 Å². The summed E-state index contributed by atoms with van der Waals surface area (Å²) in [5, 5.41) is 4.12. The van der Waals surface area contributed by atoms with E-state index in [4.69, 9.17) is 4.74 Å². The standard InChI is InChI=1S/C11H12N2O2/c1-3-15-11(14)9-7-12-13-6-4-5-10(13)8(9)2/h4-7H,3H2,1-2H3. The molecule has 0 atom stereocenters. The van der Waals surface area contributed by atoms with Crippen LogP contribution in [0.3, 0.4) is 0 Å². The highest BCUT2D eigenvalue weighted by Gasteiger charge is 2.12. The average molecular weight is 204 g/mol. The minimum atomic E-state index is -0.314. The van der Waals surface area contributed by atoms with E-state index in [1.807, 2.05) is 25.3 Å². The average Bonchev–Trinajstić information content (AvgIpc) is 2.67. The number of carbonyl (C=O) groups excluding carboxylic acids is 1. The number of fused-ring (bicyclic) bond motifs is 1. The van der Waals surface area contributed by atoms with Crippen molar-refractivity contribution in [1.29, 1.82) is 0 Å². The van der Waals surface area contributed by atoms with E-state index in [2.05, 4.69) is 5.10 Å². The van der Waals surface area contributed by atoms with Crippen LogP contribution in [-0.4, -0.2) is 22.2 Å². The fraction of sp³-hybridized carbons (Fsp3) is 0.273. The van der Waals surface area contributed by atoms with Gasteiger partial charge in [0.25, 0.3) is 0 Å². The first-order valence-electron chi connectivity index (χ1n) is 4.84. The summed E-state index contributed by atoms with van der Waals surface area (Å²) in [7, 11) is 0. The molecule has 0 bridgehead atoms. The van der Waals surface area contributed by atoms with E-state index in [9.17, 15) is 4.79 Å². The molecule has 0 aliphatic rings. The van der Waals surface area contributed by atoms with Crippen LogP contribution in [0.4, 0.5) is 0 Å². The Hall–Kier alpha value is -1.84. The maximum atomic E-state index is 11.6. The predicted molar refractivity (Wildman–Crippen MR) is 55.9 cm³/mol. The number of ether oxygens (including phenoxy) is 1. The quantitative estimate of drug-likeness (QED) is 0.701. The van der Waals surface area contributed by atoms with Gasteiger partial charge < -0.3 is 4.74 Å². The summed E-state index contributed by atoms with van der Waals surface area (Å²) < 4.78 is 6.68. The van der Waals surface area contributed by atoms with Gasteiger partial charge in [0.2, 0.25) is 0 Å². The summed E-state index contributed by atoms with van der Waals surface area (Å²) in [5.41, 5.74) is 2.36. The van der Waals surface area contributed by atoms with E-state index in [0.717, 1.165) is 11.1 Å². The zero-order valence-corrected chi connectivity index (χ0v) is 8.73. The molecule has 2 aromatic rings. The van der Waals surface area contributed by atoms with E-state index in [-0.39, 0.29) is 5.97 Å². The molecule has 0 aromatic carbocycles. The lowest BCUT2D eigenvalue weighted by molar-refractivity contribution is 0.0525. The first kappa shape index (κ1) is 9.71. The minimum Gasteiger partial charge on any atom is -0.462 e. The van der Waals surface area contributed by atoms with Gasteiger partial charge in [0, 0.05) is 6.20 Å². The van der Waals surface area contributed by atoms with Gasteiger partial charge in [-0.15, -0.1) is 0 Å². The topological polar surface area (TPSA) is 43.6 Å². The van der Waals surface area contributed by atoms with Crippen LogP contribution < -0.4 is 0 Å². The number of hydrogen-bond donors (Lipinski definition) is 0. The van der Waals surface area contributed by atoms with Gasteiger partial charge in [-0.2, -0.15) is 5.10 Å². The van der Waals surface area contributed by atoms with Crippen molar-refractivity contribution in [3.8, 4) is 0 Å². The third-order valence-electron chi connectivity index (χ3n) is 2.32. The Morgan fingerprint density at radius 1 is 1.60 bits per heavy atom. The molecule has 0 unspecified atom stereocenters. The minimum absolute atomic E-state index is 0.314. The summed E-state index contributed by atoms with van der Waals surface area (Å²) in [6, 6.07) is 3.81. The Kier molecular flexibility index (Phi) is 2.41. The maximum Gasteiger partial charge on any atom is 0.340 e. The van der Waals surface area contributed by atoms with Crippen molar-refractivity contribution in [2.75, 3.05) is 6.61 Å². The molecule has 0 N–H and O–H groups in total. The Morgan fingerprint density at radius 2 is 2.40 bits per heavy atom. The largest absolute Gasteiger partial charge is 0.462 e. The normalized spacial score (nSPS) is 10.5. The van der Waals surface area contributed by atoms with Crippen LogP contribution in [0.2, 0.25) is 0 Å². The van der Waals surface area contributed by atoms with Gasteiger partial charge in [0.1, 0.15) is 0 Å².